The van der Waals surface area contributed by atoms with Gasteiger partial charge in [0.1, 0.15) is 0 Å². The lowest BCUT2D eigenvalue weighted by Gasteiger charge is -2.22. The van der Waals surface area contributed by atoms with Crippen molar-refractivity contribution in [1.82, 2.24) is 0 Å². The van der Waals surface area contributed by atoms with Crippen LogP contribution >= 0.6 is 15.9 Å². The molecule has 2 N–H and O–H groups in total. The van der Waals surface area contributed by atoms with Crippen molar-refractivity contribution in [2.45, 2.75) is 25.6 Å². The first-order valence-corrected chi connectivity index (χ1v) is 6.28. The molecule has 0 unspecified atom stereocenters. The fourth-order valence-corrected chi connectivity index (χ4v) is 2.24. The van der Waals surface area contributed by atoms with Crippen molar-refractivity contribution in [1.29, 1.82) is 0 Å². The van der Waals surface area contributed by atoms with E-state index >= 15 is 0 Å². The molecule has 1 heterocycles. The Morgan fingerprint density at radius 2 is 2.12 bits per heavy atom. The molecule has 1 aliphatic rings. The molecule has 2 rings (SSSR count). The zero-order chi connectivity index (χ0) is 11.4. The van der Waals surface area contributed by atoms with Gasteiger partial charge in [-0.1, -0.05) is 22.0 Å². The first-order chi connectivity index (χ1) is 7.75. The maximum absolute atomic E-state index is 5.84. The van der Waals surface area contributed by atoms with Gasteiger partial charge in [0.15, 0.2) is 0 Å². The summed E-state index contributed by atoms with van der Waals surface area (Å²) in [6.07, 6.45) is 2.32. The Labute approximate surface area is 104 Å². The summed E-state index contributed by atoms with van der Waals surface area (Å²) in [5.74, 6) is 0. The average molecular weight is 286 g/mol. The molecule has 0 aromatic heterocycles. The standard InChI is InChI=1S/C12H16BrNO2/c13-12-7-10(14)2-1-9(12)8-16-11-3-5-15-6-4-11/h1-2,7,11H,3-6,8,14H2. The Morgan fingerprint density at radius 3 is 2.81 bits per heavy atom. The summed E-state index contributed by atoms with van der Waals surface area (Å²) < 4.78 is 12.1. The number of hydrogen-bond donors (Lipinski definition) is 1. The Kier molecular flexibility index (Phi) is 4.21. The normalized spacial score (nSPS) is 17.6. The molecular formula is C12H16BrNO2. The van der Waals surface area contributed by atoms with E-state index in [9.17, 15) is 0 Å². The zero-order valence-electron chi connectivity index (χ0n) is 9.12. The van der Waals surface area contributed by atoms with Crippen molar-refractivity contribution >= 4 is 21.6 Å². The van der Waals surface area contributed by atoms with E-state index in [0.29, 0.717) is 12.7 Å². The molecule has 0 aliphatic carbocycles. The van der Waals surface area contributed by atoms with Gasteiger partial charge in [-0.3, -0.25) is 0 Å². The van der Waals surface area contributed by atoms with Crippen LogP contribution in [0.5, 0.6) is 0 Å². The van der Waals surface area contributed by atoms with Crippen LogP contribution in [0.3, 0.4) is 0 Å². The summed E-state index contributed by atoms with van der Waals surface area (Å²) in [4.78, 5) is 0. The van der Waals surface area contributed by atoms with E-state index in [4.69, 9.17) is 15.2 Å². The van der Waals surface area contributed by atoms with Crippen LogP contribution in [0.25, 0.3) is 0 Å². The highest BCUT2D eigenvalue weighted by Gasteiger charge is 2.14. The quantitative estimate of drug-likeness (QED) is 0.869. The molecule has 16 heavy (non-hydrogen) atoms. The van der Waals surface area contributed by atoms with Gasteiger partial charge in [-0.15, -0.1) is 0 Å². The number of hydrogen-bond acceptors (Lipinski definition) is 3. The highest BCUT2D eigenvalue weighted by Crippen LogP contribution is 2.22. The maximum Gasteiger partial charge on any atom is 0.0731 e. The molecule has 0 bridgehead atoms. The van der Waals surface area contributed by atoms with Crippen LogP contribution in [-0.2, 0) is 16.1 Å². The Balaban J connectivity index is 1.88. The second-order valence-electron chi connectivity index (χ2n) is 3.97. The van der Waals surface area contributed by atoms with Crippen LogP contribution in [0.1, 0.15) is 18.4 Å². The van der Waals surface area contributed by atoms with E-state index in [1.807, 2.05) is 18.2 Å². The summed E-state index contributed by atoms with van der Waals surface area (Å²) in [7, 11) is 0. The first-order valence-electron chi connectivity index (χ1n) is 5.49. The fraction of sp³-hybridized carbons (Fsp3) is 0.500. The monoisotopic (exact) mass is 285 g/mol. The highest BCUT2D eigenvalue weighted by atomic mass is 79.9. The molecule has 4 heteroatoms. The van der Waals surface area contributed by atoms with Gasteiger partial charge in [-0.2, -0.15) is 0 Å². The van der Waals surface area contributed by atoms with Crippen molar-refractivity contribution < 1.29 is 9.47 Å². The van der Waals surface area contributed by atoms with E-state index in [2.05, 4.69) is 15.9 Å². The number of rotatable bonds is 3. The van der Waals surface area contributed by atoms with Crippen molar-refractivity contribution in [3.8, 4) is 0 Å². The van der Waals surface area contributed by atoms with E-state index < -0.39 is 0 Å². The Morgan fingerprint density at radius 1 is 1.38 bits per heavy atom. The minimum absolute atomic E-state index is 0.332. The Bertz CT molecular complexity index is 351. The number of nitrogens with two attached hydrogens (primary N) is 1. The van der Waals surface area contributed by atoms with Gasteiger partial charge in [0.2, 0.25) is 0 Å². The second-order valence-corrected chi connectivity index (χ2v) is 4.83. The lowest BCUT2D eigenvalue weighted by atomic mass is 10.1. The van der Waals surface area contributed by atoms with Gasteiger partial charge in [-0.25, -0.2) is 0 Å². The van der Waals surface area contributed by atoms with E-state index in [-0.39, 0.29) is 0 Å². The average Bonchev–Trinajstić information content (AvgIpc) is 2.29. The van der Waals surface area contributed by atoms with Crippen LogP contribution in [0.4, 0.5) is 5.69 Å². The smallest absolute Gasteiger partial charge is 0.0731 e. The van der Waals surface area contributed by atoms with Crippen LogP contribution in [-0.4, -0.2) is 19.3 Å². The number of halogens is 1. The van der Waals surface area contributed by atoms with Crippen molar-refractivity contribution in [3.05, 3.63) is 28.2 Å². The van der Waals surface area contributed by atoms with Crippen LogP contribution in [0.15, 0.2) is 22.7 Å². The van der Waals surface area contributed by atoms with Gasteiger partial charge in [0, 0.05) is 23.4 Å². The highest BCUT2D eigenvalue weighted by molar-refractivity contribution is 9.10. The summed E-state index contributed by atoms with van der Waals surface area (Å²) >= 11 is 3.49. The molecular weight excluding hydrogens is 270 g/mol. The third kappa shape index (κ3) is 3.20. The molecule has 1 saturated heterocycles. The number of ether oxygens (including phenoxy) is 2. The number of benzene rings is 1. The maximum atomic E-state index is 5.84. The largest absolute Gasteiger partial charge is 0.399 e. The van der Waals surface area contributed by atoms with Crippen molar-refractivity contribution in [2.24, 2.45) is 0 Å². The van der Waals surface area contributed by atoms with Crippen LogP contribution in [0.2, 0.25) is 0 Å². The minimum Gasteiger partial charge on any atom is -0.399 e. The molecule has 0 saturated carbocycles. The molecule has 0 amide bonds. The third-order valence-corrected chi connectivity index (χ3v) is 3.46. The van der Waals surface area contributed by atoms with Gasteiger partial charge in [-0.05, 0) is 30.5 Å². The van der Waals surface area contributed by atoms with Crippen LogP contribution < -0.4 is 5.73 Å². The third-order valence-electron chi connectivity index (χ3n) is 2.72. The van der Waals surface area contributed by atoms with E-state index in [1.54, 1.807) is 0 Å². The molecule has 88 valence electrons. The molecule has 3 nitrogen and oxygen atoms in total. The first kappa shape index (κ1) is 11.9. The molecule has 0 spiro atoms. The SMILES string of the molecule is Nc1ccc(COC2CCOCC2)c(Br)c1. The lowest BCUT2D eigenvalue weighted by molar-refractivity contribution is -0.0392. The van der Waals surface area contributed by atoms with Crippen molar-refractivity contribution in [3.63, 3.8) is 0 Å². The topological polar surface area (TPSA) is 44.5 Å². The summed E-state index contributed by atoms with van der Waals surface area (Å²) in [6, 6.07) is 5.80. The molecule has 1 fully saturated rings. The summed E-state index contributed by atoms with van der Waals surface area (Å²) in [6.45, 7) is 2.26. The molecule has 0 atom stereocenters. The molecule has 1 aromatic rings. The minimum atomic E-state index is 0.332. The van der Waals surface area contributed by atoms with Gasteiger partial charge in [0.25, 0.3) is 0 Å². The van der Waals surface area contributed by atoms with Crippen molar-refractivity contribution in [2.75, 3.05) is 18.9 Å². The van der Waals surface area contributed by atoms with E-state index in [1.165, 1.54) is 0 Å². The van der Waals surface area contributed by atoms with Crippen LogP contribution in [0, 0.1) is 0 Å². The zero-order valence-corrected chi connectivity index (χ0v) is 10.7. The summed E-state index contributed by atoms with van der Waals surface area (Å²) in [5.41, 5.74) is 7.58. The predicted molar refractivity (Wildman–Crippen MR) is 67.2 cm³/mol. The second kappa shape index (κ2) is 5.66. The fourth-order valence-electron chi connectivity index (χ4n) is 1.73. The lowest BCUT2D eigenvalue weighted by Crippen LogP contribution is -2.23. The number of nitrogen functional groups attached to an aromatic ring is 1. The molecule has 1 aromatic carbocycles. The summed E-state index contributed by atoms with van der Waals surface area (Å²) in [5, 5.41) is 0. The van der Waals surface area contributed by atoms with E-state index in [0.717, 1.165) is 41.8 Å². The van der Waals surface area contributed by atoms with Gasteiger partial charge < -0.3 is 15.2 Å². The Hall–Kier alpha value is -0.580. The molecule has 1 aliphatic heterocycles. The van der Waals surface area contributed by atoms with Gasteiger partial charge in [0.05, 0.1) is 12.7 Å². The predicted octanol–water partition coefficient (Wildman–Crippen LogP) is 2.73. The van der Waals surface area contributed by atoms with Gasteiger partial charge >= 0.3 is 0 Å². The molecule has 0 radical (unpaired) electrons. The number of anilines is 1.